The molecule has 2 aromatic carbocycles. The van der Waals surface area contributed by atoms with Crippen molar-refractivity contribution in [2.75, 3.05) is 6.54 Å². The van der Waals surface area contributed by atoms with Crippen LogP contribution in [0.4, 0.5) is 0 Å². The van der Waals surface area contributed by atoms with E-state index in [0.29, 0.717) is 30.3 Å². The van der Waals surface area contributed by atoms with Gasteiger partial charge in [-0.25, -0.2) is 0 Å². The van der Waals surface area contributed by atoms with Gasteiger partial charge >= 0.3 is 5.97 Å². The number of nitrogens with zero attached hydrogens (tertiary/aromatic N) is 1. The SMILES string of the molecule is Cc1ccc(-c2cc(C(CC(C)C)C(=O)O)cc(C3CCCC(C)N3CCC(C)C)c2)cc1. The number of hydrogen-bond donors (Lipinski definition) is 1. The molecular formula is C30H43NO2. The van der Waals surface area contributed by atoms with Gasteiger partial charge in [0, 0.05) is 12.1 Å². The molecule has 2 aromatic rings. The van der Waals surface area contributed by atoms with Crippen LogP contribution in [0.15, 0.2) is 42.5 Å². The Hall–Kier alpha value is -2.13. The van der Waals surface area contributed by atoms with Crippen LogP contribution in [-0.4, -0.2) is 28.6 Å². The molecule has 3 rings (SSSR count). The van der Waals surface area contributed by atoms with E-state index in [-0.39, 0.29) is 0 Å². The number of aliphatic carboxylic acids is 1. The highest BCUT2D eigenvalue weighted by molar-refractivity contribution is 5.77. The second-order valence-corrected chi connectivity index (χ2v) is 11.0. The fourth-order valence-electron chi connectivity index (χ4n) is 5.22. The maximum Gasteiger partial charge on any atom is 0.310 e. The first kappa shape index (κ1) is 25.5. The van der Waals surface area contributed by atoms with E-state index in [9.17, 15) is 9.90 Å². The van der Waals surface area contributed by atoms with Crippen molar-refractivity contribution in [3.63, 3.8) is 0 Å². The molecule has 1 aliphatic rings. The highest BCUT2D eigenvalue weighted by atomic mass is 16.4. The molecule has 180 valence electrons. The maximum atomic E-state index is 12.3. The van der Waals surface area contributed by atoms with Crippen LogP contribution in [0, 0.1) is 18.8 Å². The molecule has 0 aromatic heterocycles. The van der Waals surface area contributed by atoms with Gasteiger partial charge in [-0.2, -0.15) is 0 Å². The number of aryl methyl sites for hydroxylation is 1. The predicted molar refractivity (Wildman–Crippen MR) is 139 cm³/mol. The minimum absolute atomic E-state index is 0.329. The van der Waals surface area contributed by atoms with Crippen molar-refractivity contribution in [2.45, 2.75) is 91.6 Å². The van der Waals surface area contributed by atoms with Gasteiger partial charge in [-0.05, 0) is 86.2 Å². The molecule has 0 radical (unpaired) electrons. The van der Waals surface area contributed by atoms with E-state index in [1.54, 1.807) is 0 Å². The standard InChI is InChI=1S/C30H43NO2/c1-20(2)14-15-31-23(6)8-7-9-29(31)27-18-25(24-12-10-22(5)11-13-24)17-26(19-27)28(30(32)33)16-21(3)4/h10-13,17-21,23,28-29H,7-9,14-16H2,1-6H3,(H,32,33). The average Bonchev–Trinajstić information content (AvgIpc) is 2.76. The van der Waals surface area contributed by atoms with Crippen molar-refractivity contribution in [3.8, 4) is 11.1 Å². The Morgan fingerprint density at radius 2 is 1.70 bits per heavy atom. The van der Waals surface area contributed by atoms with Gasteiger partial charge in [-0.3, -0.25) is 9.69 Å². The number of hydrogen-bond acceptors (Lipinski definition) is 2. The summed E-state index contributed by atoms with van der Waals surface area (Å²) in [6.07, 6.45) is 5.45. The van der Waals surface area contributed by atoms with Gasteiger partial charge in [0.1, 0.15) is 0 Å². The lowest BCUT2D eigenvalue weighted by molar-refractivity contribution is -0.139. The summed E-state index contributed by atoms with van der Waals surface area (Å²) in [6.45, 7) is 14.4. The van der Waals surface area contributed by atoms with Crippen LogP contribution in [0.3, 0.4) is 0 Å². The zero-order valence-corrected chi connectivity index (χ0v) is 21.5. The number of carbonyl (C=O) groups is 1. The zero-order chi connectivity index (χ0) is 24.1. The molecule has 3 heteroatoms. The Morgan fingerprint density at radius 1 is 1.00 bits per heavy atom. The molecule has 33 heavy (non-hydrogen) atoms. The van der Waals surface area contributed by atoms with E-state index < -0.39 is 11.9 Å². The summed E-state index contributed by atoms with van der Waals surface area (Å²) in [4.78, 5) is 15.0. The molecule has 3 atom stereocenters. The minimum Gasteiger partial charge on any atom is -0.481 e. The van der Waals surface area contributed by atoms with Gasteiger partial charge in [0.15, 0.2) is 0 Å². The topological polar surface area (TPSA) is 40.5 Å². The van der Waals surface area contributed by atoms with E-state index >= 15 is 0 Å². The van der Waals surface area contributed by atoms with Crippen molar-refractivity contribution in [1.29, 1.82) is 0 Å². The molecule has 0 amide bonds. The Morgan fingerprint density at radius 3 is 2.30 bits per heavy atom. The zero-order valence-electron chi connectivity index (χ0n) is 21.5. The van der Waals surface area contributed by atoms with E-state index in [0.717, 1.165) is 29.7 Å². The summed E-state index contributed by atoms with van der Waals surface area (Å²) in [5.74, 6) is -0.185. The summed E-state index contributed by atoms with van der Waals surface area (Å²) in [7, 11) is 0. The number of benzene rings is 2. The van der Waals surface area contributed by atoms with Crippen molar-refractivity contribution >= 4 is 5.97 Å². The predicted octanol–water partition coefficient (Wildman–Crippen LogP) is 7.84. The number of rotatable bonds is 9. The van der Waals surface area contributed by atoms with Gasteiger partial charge in [0.25, 0.3) is 0 Å². The molecule has 3 unspecified atom stereocenters. The van der Waals surface area contributed by atoms with Crippen LogP contribution in [0.1, 0.15) is 95.4 Å². The smallest absolute Gasteiger partial charge is 0.310 e. The molecule has 1 N–H and O–H groups in total. The van der Waals surface area contributed by atoms with Crippen molar-refractivity contribution in [3.05, 3.63) is 59.2 Å². The molecule has 1 fully saturated rings. The van der Waals surface area contributed by atoms with E-state index in [1.165, 1.54) is 30.4 Å². The fourth-order valence-corrected chi connectivity index (χ4v) is 5.22. The first-order valence-electron chi connectivity index (χ1n) is 12.9. The summed E-state index contributed by atoms with van der Waals surface area (Å²) < 4.78 is 0. The van der Waals surface area contributed by atoms with Gasteiger partial charge < -0.3 is 5.11 Å². The molecular weight excluding hydrogens is 406 g/mol. The molecule has 0 aliphatic carbocycles. The second kappa shape index (κ2) is 11.3. The lowest BCUT2D eigenvalue weighted by Gasteiger charge is -2.42. The van der Waals surface area contributed by atoms with Crippen LogP contribution in [0.2, 0.25) is 0 Å². The maximum absolute atomic E-state index is 12.3. The minimum atomic E-state index is -0.718. The summed E-state index contributed by atoms with van der Waals surface area (Å²) in [6, 6.07) is 16.2. The largest absolute Gasteiger partial charge is 0.481 e. The highest BCUT2D eigenvalue weighted by Crippen LogP contribution is 2.39. The molecule has 1 heterocycles. The summed E-state index contributed by atoms with van der Waals surface area (Å²) in [5, 5.41) is 10.1. The van der Waals surface area contributed by atoms with E-state index in [4.69, 9.17) is 0 Å². The summed E-state index contributed by atoms with van der Waals surface area (Å²) >= 11 is 0. The Kier molecular flexibility index (Phi) is 8.75. The number of carboxylic acids is 1. The third-order valence-corrected chi connectivity index (χ3v) is 7.19. The molecule has 1 saturated heterocycles. The average molecular weight is 450 g/mol. The van der Waals surface area contributed by atoms with Crippen molar-refractivity contribution in [1.82, 2.24) is 4.90 Å². The van der Waals surface area contributed by atoms with Crippen LogP contribution in [0.5, 0.6) is 0 Å². The Bertz CT molecular complexity index is 915. The van der Waals surface area contributed by atoms with Gasteiger partial charge in [-0.15, -0.1) is 0 Å². The normalized spacial score (nSPS) is 20.4. The van der Waals surface area contributed by atoms with Crippen LogP contribution >= 0.6 is 0 Å². The number of likely N-dealkylation sites (tertiary alicyclic amines) is 1. The van der Waals surface area contributed by atoms with Crippen LogP contribution < -0.4 is 0 Å². The first-order valence-corrected chi connectivity index (χ1v) is 12.9. The third kappa shape index (κ3) is 6.69. The lowest BCUT2D eigenvalue weighted by atomic mass is 9.84. The molecule has 0 saturated carbocycles. The van der Waals surface area contributed by atoms with E-state index in [2.05, 4.69) is 88.9 Å². The van der Waals surface area contributed by atoms with Crippen LogP contribution in [-0.2, 0) is 4.79 Å². The quantitative estimate of drug-likeness (QED) is 0.424. The van der Waals surface area contributed by atoms with E-state index in [1.807, 2.05) is 0 Å². The van der Waals surface area contributed by atoms with Crippen molar-refractivity contribution in [2.24, 2.45) is 11.8 Å². The van der Waals surface area contributed by atoms with Gasteiger partial charge in [-0.1, -0.05) is 76.1 Å². The molecule has 3 nitrogen and oxygen atoms in total. The monoisotopic (exact) mass is 449 g/mol. The number of carboxylic acid groups (broad SMARTS) is 1. The lowest BCUT2D eigenvalue weighted by Crippen LogP contribution is -2.41. The fraction of sp³-hybridized carbons (Fsp3) is 0.567. The van der Waals surface area contributed by atoms with Crippen molar-refractivity contribution < 1.29 is 9.90 Å². The molecule has 0 spiro atoms. The van der Waals surface area contributed by atoms with Gasteiger partial charge in [0.2, 0.25) is 0 Å². The Labute approximate surface area is 201 Å². The first-order chi connectivity index (χ1) is 15.7. The molecule has 0 bridgehead atoms. The van der Waals surface area contributed by atoms with Crippen LogP contribution in [0.25, 0.3) is 11.1 Å². The van der Waals surface area contributed by atoms with Gasteiger partial charge in [0.05, 0.1) is 5.92 Å². The number of piperidine rings is 1. The summed E-state index contributed by atoms with van der Waals surface area (Å²) in [5.41, 5.74) is 5.77. The molecule has 1 aliphatic heterocycles. The Balaban J connectivity index is 2.09. The highest BCUT2D eigenvalue weighted by Gasteiger charge is 2.30. The second-order valence-electron chi connectivity index (χ2n) is 11.0. The third-order valence-electron chi connectivity index (χ3n) is 7.19.